The number of benzene rings is 2. The molecular weight excluding hydrogens is 673 g/mol. The average Bonchev–Trinajstić information content (AvgIpc) is 3.01. The number of hydrogen-bond donors (Lipinski definition) is 2. The first kappa shape index (κ1) is 37.7. The molecule has 2 N–H and O–H groups in total. The third-order valence-electron chi connectivity index (χ3n) is 9.45. The molecule has 0 aliphatic carbocycles. The molecule has 272 valence electrons. The van der Waals surface area contributed by atoms with Crippen LogP contribution in [0.3, 0.4) is 0 Å². The van der Waals surface area contributed by atoms with Crippen molar-refractivity contribution < 1.29 is 41.4 Å². The van der Waals surface area contributed by atoms with Gasteiger partial charge in [-0.1, -0.05) is 19.8 Å². The molecule has 6 rings (SSSR count). The lowest BCUT2D eigenvalue weighted by Gasteiger charge is -2.47. The Morgan fingerprint density at radius 2 is 1.71 bits per heavy atom. The van der Waals surface area contributed by atoms with E-state index in [9.17, 15) is 37.1 Å². The summed E-state index contributed by atoms with van der Waals surface area (Å²) in [4.78, 5) is 41.5. The van der Waals surface area contributed by atoms with Crippen LogP contribution in [0.4, 0.5) is 22.0 Å². The van der Waals surface area contributed by atoms with Gasteiger partial charge in [0, 0.05) is 43.9 Å². The molecule has 4 atom stereocenters. The number of morpholine rings is 1. The molecule has 1 amide bonds. The Morgan fingerprint density at radius 3 is 2.25 bits per heavy atom. The number of nitrogens with zero attached hydrogens (tertiary/aromatic N) is 2. The molecule has 3 aliphatic heterocycles. The first-order valence-corrected chi connectivity index (χ1v) is 16.7. The molecule has 0 radical (unpaired) electrons. The smallest absolute Gasteiger partial charge is 0.416 e. The van der Waals surface area contributed by atoms with Gasteiger partial charge in [0.15, 0.2) is 0 Å². The molecule has 8 nitrogen and oxygen atoms in total. The zero-order chi connectivity index (χ0) is 37.4. The van der Waals surface area contributed by atoms with Gasteiger partial charge in [-0.05, 0) is 84.7 Å². The SMILES string of the molecule is C#Cc1cc(-c2c(C)cc(F)cc2C)cc(C(CC(=O)O)NC(=O)C(CC(C)C)n2cc(CCN3CC4CC(C3)O4)c(C(F)(F)F)cc2=O)c1F. The van der Waals surface area contributed by atoms with Crippen LogP contribution < -0.4 is 10.9 Å². The van der Waals surface area contributed by atoms with Gasteiger partial charge in [-0.2, -0.15) is 13.2 Å². The van der Waals surface area contributed by atoms with E-state index in [0.717, 1.165) is 17.2 Å². The quantitative estimate of drug-likeness (QED) is 0.168. The van der Waals surface area contributed by atoms with E-state index >= 15 is 4.39 Å². The zero-order valence-corrected chi connectivity index (χ0v) is 28.7. The number of carbonyl (C=O) groups excluding carboxylic acids is 1. The van der Waals surface area contributed by atoms with Gasteiger partial charge in [0.05, 0.1) is 35.8 Å². The van der Waals surface area contributed by atoms with Crippen LogP contribution in [0.5, 0.6) is 0 Å². The van der Waals surface area contributed by atoms with Crippen molar-refractivity contribution in [3.05, 3.63) is 91.9 Å². The average molecular weight is 714 g/mol. The van der Waals surface area contributed by atoms with Crippen LogP contribution in [0.25, 0.3) is 11.1 Å². The maximum atomic E-state index is 15.9. The number of halogens is 5. The summed E-state index contributed by atoms with van der Waals surface area (Å²) in [7, 11) is 0. The number of carboxylic acids is 1. The van der Waals surface area contributed by atoms with Crippen LogP contribution in [0.1, 0.15) is 78.6 Å². The van der Waals surface area contributed by atoms with Crippen molar-refractivity contribution in [1.29, 1.82) is 0 Å². The number of rotatable bonds is 12. The van der Waals surface area contributed by atoms with Crippen LogP contribution in [0.2, 0.25) is 0 Å². The minimum atomic E-state index is -4.83. The Hall–Kier alpha value is -4.54. The maximum Gasteiger partial charge on any atom is 0.416 e. The monoisotopic (exact) mass is 713 g/mol. The fourth-order valence-electron chi connectivity index (χ4n) is 7.19. The van der Waals surface area contributed by atoms with E-state index in [-0.39, 0.29) is 54.2 Å². The summed E-state index contributed by atoms with van der Waals surface area (Å²) < 4.78 is 79.2. The van der Waals surface area contributed by atoms with Crippen LogP contribution in [0.15, 0.2) is 41.3 Å². The number of fused-ring (bicyclic) bond motifs is 2. The maximum absolute atomic E-state index is 15.9. The van der Waals surface area contributed by atoms with Gasteiger partial charge in [-0.25, -0.2) is 8.78 Å². The van der Waals surface area contributed by atoms with Crippen molar-refractivity contribution in [2.75, 3.05) is 19.6 Å². The number of aryl methyl sites for hydroxylation is 2. The summed E-state index contributed by atoms with van der Waals surface area (Å²) >= 11 is 0. The van der Waals surface area contributed by atoms with Gasteiger partial charge >= 0.3 is 12.1 Å². The van der Waals surface area contributed by atoms with Crippen molar-refractivity contribution in [3.63, 3.8) is 0 Å². The summed E-state index contributed by atoms with van der Waals surface area (Å²) in [5, 5.41) is 12.4. The molecule has 0 saturated carbocycles. The number of piperidine rings is 1. The molecule has 4 heterocycles. The number of pyridine rings is 1. The summed E-state index contributed by atoms with van der Waals surface area (Å²) in [6.45, 7) is 8.25. The highest BCUT2D eigenvalue weighted by Gasteiger charge is 2.39. The van der Waals surface area contributed by atoms with Gasteiger partial charge in [0.1, 0.15) is 17.7 Å². The number of aromatic nitrogens is 1. The Morgan fingerprint density at radius 1 is 1.08 bits per heavy atom. The molecular formula is C38H40F5N3O5. The van der Waals surface area contributed by atoms with Crippen molar-refractivity contribution >= 4 is 11.9 Å². The van der Waals surface area contributed by atoms with Gasteiger partial charge in [0.25, 0.3) is 5.56 Å². The third kappa shape index (κ3) is 8.51. The number of nitrogens with one attached hydrogen (secondary N) is 1. The summed E-state index contributed by atoms with van der Waals surface area (Å²) in [5.41, 5.74) is -0.918. The predicted molar refractivity (Wildman–Crippen MR) is 180 cm³/mol. The number of terminal acetylenes is 1. The van der Waals surface area contributed by atoms with E-state index in [1.807, 2.05) is 4.90 Å². The number of carbonyl (C=O) groups is 2. The van der Waals surface area contributed by atoms with E-state index in [0.29, 0.717) is 41.4 Å². The first-order valence-electron chi connectivity index (χ1n) is 16.7. The molecule has 2 aromatic carbocycles. The lowest BCUT2D eigenvalue weighted by molar-refractivity contribution is -0.180. The van der Waals surface area contributed by atoms with E-state index in [1.54, 1.807) is 27.7 Å². The van der Waals surface area contributed by atoms with Gasteiger partial charge < -0.3 is 19.7 Å². The summed E-state index contributed by atoms with van der Waals surface area (Å²) in [6, 6.07) is 2.89. The van der Waals surface area contributed by atoms with E-state index in [2.05, 4.69) is 11.2 Å². The van der Waals surface area contributed by atoms with Gasteiger partial charge in [-0.15, -0.1) is 6.42 Å². The van der Waals surface area contributed by atoms with Gasteiger partial charge in [-0.3, -0.25) is 19.3 Å². The van der Waals surface area contributed by atoms with E-state index in [4.69, 9.17) is 11.2 Å². The Balaban J connectivity index is 1.53. The number of aliphatic carboxylic acids is 1. The number of carboxylic acid groups (broad SMARTS) is 1. The topological polar surface area (TPSA) is 101 Å². The number of alkyl halides is 3. The number of ether oxygens (including phenoxy) is 1. The largest absolute Gasteiger partial charge is 0.481 e. The van der Waals surface area contributed by atoms with Crippen molar-refractivity contribution in [3.8, 4) is 23.5 Å². The highest BCUT2D eigenvalue weighted by molar-refractivity contribution is 5.82. The van der Waals surface area contributed by atoms with E-state index < -0.39 is 59.3 Å². The normalized spacial score (nSPS) is 18.5. The Labute approximate surface area is 292 Å². The first-order chi connectivity index (χ1) is 23.9. The molecule has 3 aliphatic rings. The van der Waals surface area contributed by atoms with Crippen LogP contribution >= 0.6 is 0 Å². The molecule has 13 heteroatoms. The van der Waals surface area contributed by atoms with Crippen LogP contribution in [-0.2, 0) is 26.9 Å². The summed E-state index contributed by atoms with van der Waals surface area (Å²) in [6.07, 6.45) is 2.00. The van der Waals surface area contributed by atoms with Crippen molar-refractivity contribution in [1.82, 2.24) is 14.8 Å². The second-order valence-electron chi connectivity index (χ2n) is 13.9. The molecule has 4 unspecified atom stereocenters. The molecule has 3 fully saturated rings. The molecule has 1 aromatic heterocycles. The lowest BCUT2D eigenvalue weighted by atomic mass is 9.90. The highest BCUT2D eigenvalue weighted by Crippen LogP contribution is 2.36. The second-order valence-corrected chi connectivity index (χ2v) is 13.9. The molecule has 0 spiro atoms. The van der Waals surface area contributed by atoms with Gasteiger partial charge in [0.2, 0.25) is 5.91 Å². The fourth-order valence-corrected chi connectivity index (χ4v) is 7.19. The van der Waals surface area contributed by atoms with Crippen LogP contribution in [-0.4, -0.2) is 58.3 Å². The standard InChI is InChI=1S/C38H40F5N3O5/c1-6-23-12-25(35-21(4)10-26(39)11-22(35)5)13-29(36(23)40)31(16-34(48)49)44-37(50)32(9-20(2)3)46-17-24(30(15-33(46)47)38(41,42)43)7-8-45-18-27-14-28(19-45)51-27/h1,10-13,15,17,20,27-28,31-32H,7-9,14,16,18-19H2,2-5H3,(H,44,50)(H,48,49). The van der Waals surface area contributed by atoms with Crippen LogP contribution in [0, 0.1) is 43.7 Å². The minimum Gasteiger partial charge on any atom is -0.481 e. The fraction of sp³-hybridized carbons (Fsp3) is 0.447. The zero-order valence-electron chi connectivity index (χ0n) is 28.7. The summed E-state index contributed by atoms with van der Waals surface area (Å²) in [5.74, 6) is -1.72. The Bertz CT molecular complexity index is 1890. The van der Waals surface area contributed by atoms with Crippen molar-refractivity contribution in [2.24, 2.45) is 5.92 Å². The van der Waals surface area contributed by atoms with E-state index in [1.165, 1.54) is 24.3 Å². The van der Waals surface area contributed by atoms with Crippen molar-refractivity contribution in [2.45, 2.75) is 83.8 Å². The molecule has 2 bridgehead atoms. The highest BCUT2D eigenvalue weighted by atomic mass is 19.4. The molecule has 3 saturated heterocycles. The molecule has 3 aromatic rings. The number of amides is 1. The third-order valence-corrected chi connectivity index (χ3v) is 9.45. The number of hydrogen-bond acceptors (Lipinski definition) is 5. The predicted octanol–water partition coefficient (Wildman–Crippen LogP) is 6.35. The molecule has 51 heavy (non-hydrogen) atoms. The Kier molecular flexibility index (Phi) is 11.1. The lowest BCUT2D eigenvalue weighted by Crippen LogP contribution is -2.57. The minimum absolute atomic E-state index is 0.00471. The second kappa shape index (κ2) is 15.0.